The molecule has 3 atom stereocenters. The van der Waals surface area contributed by atoms with Crippen LogP contribution in [0.1, 0.15) is 153 Å². The van der Waals surface area contributed by atoms with Crippen LogP contribution in [0.5, 0.6) is 11.5 Å². The molecule has 1 saturated heterocycles. The van der Waals surface area contributed by atoms with Crippen molar-refractivity contribution in [2.45, 2.75) is 142 Å². The Bertz CT molecular complexity index is 2150. The largest absolute Gasteiger partial charge is 0.508 e. The molecule has 8 rings (SSSR count). The van der Waals surface area contributed by atoms with Gasteiger partial charge in [0, 0.05) is 36.1 Å². The zero-order valence-corrected chi connectivity index (χ0v) is 36.2. The van der Waals surface area contributed by atoms with Crippen molar-refractivity contribution in [3.8, 4) is 11.5 Å². The number of phenolic OH excluding ortho intramolecular Hbond substituents is 1. The maximum atomic E-state index is 13.1. The number of nitrogens with zero attached hydrogens (tertiary/aromatic N) is 1. The van der Waals surface area contributed by atoms with Crippen LogP contribution in [-0.2, 0) is 35.4 Å². The zero-order chi connectivity index (χ0) is 42.3. The number of carbonyl (C=O) groups is 3. The summed E-state index contributed by atoms with van der Waals surface area (Å²) in [5.41, 5.74) is 10.0. The molecule has 60 heavy (non-hydrogen) atoms. The van der Waals surface area contributed by atoms with E-state index in [1.54, 1.807) is 4.90 Å². The van der Waals surface area contributed by atoms with Gasteiger partial charge in [-0.1, -0.05) is 102 Å². The van der Waals surface area contributed by atoms with Crippen LogP contribution < -0.4 is 10.1 Å². The summed E-state index contributed by atoms with van der Waals surface area (Å²) in [4.78, 5) is 40.0. The Hall–Kier alpha value is -5.17. The average Bonchev–Trinajstić information content (AvgIpc) is 3.58. The van der Waals surface area contributed by atoms with E-state index >= 15 is 0 Å². The van der Waals surface area contributed by atoms with Crippen molar-refractivity contribution in [3.05, 3.63) is 142 Å². The number of hydrogen-bond donors (Lipinski definition) is 2. The third kappa shape index (κ3) is 9.72. The summed E-state index contributed by atoms with van der Waals surface area (Å²) in [7, 11) is 0. The molecule has 0 spiro atoms. The van der Waals surface area contributed by atoms with Gasteiger partial charge < -0.3 is 20.1 Å². The minimum Gasteiger partial charge on any atom is -0.508 e. The number of aromatic hydroxyl groups is 1. The van der Waals surface area contributed by atoms with Crippen molar-refractivity contribution in [1.29, 1.82) is 0 Å². The van der Waals surface area contributed by atoms with Gasteiger partial charge in [0.1, 0.15) is 23.3 Å². The number of allylic oxidation sites excluding steroid dienone is 1. The Morgan fingerprint density at radius 2 is 1.57 bits per heavy atom. The molecule has 1 saturated carbocycles. The summed E-state index contributed by atoms with van der Waals surface area (Å²) in [5.74, 6) is 3.14. The molecule has 0 bridgehead atoms. The first-order valence-corrected chi connectivity index (χ1v) is 22.7. The summed E-state index contributed by atoms with van der Waals surface area (Å²) in [6.45, 7) is 13.0. The molecule has 2 aliphatic carbocycles. The fraction of sp³-hybridized carbons (Fsp3) is 0.453. The molecule has 4 aliphatic rings. The SMILES string of the molecule is C=C1CCC(N2Cc3cc(CC)c(CCC(=O)C4CCC(C)CC4)cc3C2=O)C(=O)N1.CCC(CC)Oc1ccc(C2c3ccc(O)cc3CCC2c2ccccc2)cc1. The highest BCUT2D eigenvalue weighted by Gasteiger charge is 2.39. The molecule has 2 aliphatic heterocycles. The van der Waals surface area contributed by atoms with Gasteiger partial charge in [0.05, 0.1) is 6.10 Å². The summed E-state index contributed by atoms with van der Waals surface area (Å²) in [5, 5.41) is 12.8. The van der Waals surface area contributed by atoms with Gasteiger partial charge in [-0.05, 0) is 145 Å². The number of ether oxygens (including phenoxy) is 1. The van der Waals surface area contributed by atoms with Gasteiger partial charge in [0.15, 0.2) is 0 Å². The van der Waals surface area contributed by atoms with Crippen molar-refractivity contribution < 1.29 is 24.2 Å². The van der Waals surface area contributed by atoms with Crippen LogP contribution in [0.15, 0.2) is 97.2 Å². The number of carbonyl (C=O) groups excluding carboxylic acids is 3. The van der Waals surface area contributed by atoms with Crippen LogP contribution in [0.25, 0.3) is 0 Å². The number of piperidine rings is 1. The summed E-state index contributed by atoms with van der Waals surface area (Å²) < 4.78 is 6.12. The first-order valence-electron chi connectivity index (χ1n) is 22.7. The van der Waals surface area contributed by atoms with Gasteiger partial charge in [0.2, 0.25) is 5.91 Å². The lowest BCUT2D eigenvalue weighted by Gasteiger charge is -2.35. The molecule has 4 aromatic rings. The maximum Gasteiger partial charge on any atom is 0.255 e. The van der Waals surface area contributed by atoms with Gasteiger partial charge in [-0.2, -0.15) is 0 Å². The van der Waals surface area contributed by atoms with E-state index in [1.807, 2.05) is 18.2 Å². The molecular formula is C53H64N2O5. The van der Waals surface area contributed by atoms with Crippen molar-refractivity contribution in [3.63, 3.8) is 0 Å². The highest BCUT2D eigenvalue weighted by molar-refractivity contribution is 6.01. The minimum absolute atomic E-state index is 0.0702. The van der Waals surface area contributed by atoms with Crippen LogP contribution in [0.4, 0.5) is 0 Å². The van der Waals surface area contributed by atoms with Gasteiger partial charge in [0.25, 0.3) is 5.91 Å². The van der Waals surface area contributed by atoms with Crippen molar-refractivity contribution in [2.24, 2.45) is 11.8 Å². The monoisotopic (exact) mass is 808 g/mol. The second-order valence-corrected chi connectivity index (χ2v) is 17.7. The van der Waals surface area contributed by atoms with Gasteiger partial charge in [-0.15, -0.1) is 0 Å². The van der Waals surface area contributed by atoms with E-state index in [4.69, 9.17) is 4.74 Å². The first-order chi connectivity index (χ1) is 29.1. The lowest BCUT2D eigenvalue weighted by molar-refractivity contribution is -0.126. The van der Waals surface area contributed by atoms with E-state index in [0.717, 1.165) is 86.3 Å². The maximum absolute atomic E-state index is 13.1. The Morgan fingerprint density at radius 3 is 2.25 bits per heavy atom. The highest BCUT2D eigenvalue weighted by Crippen LogP contribution is 2.47. The van der Waals surface area contributed by atoms with Gasteiger partial charge in [-0.25, -0.2) is 0 Å². The average molecular weight is 809 g/mol. The number of aryl methyl sites for hydroxylation is 3. The number of fused-ring (bicyclic) bond motifs is 2. The normalized spacial score (nSPS) is 22.4. The molecule has 3 unspecified atom stereocenters. The Labute approximate surface area is 357 Å². The van der Waals surface area contributed by atoms with E-state index in [-0.39, 0.29) is 29.8 Å². The number of hydrogen-bond acceptors (Lipinski definition) is 5. The molecule has 316 valence electrons. The Morgan fingerprint density at radius 1 is 0.833 bits per heavy atom. The van der Waals surface area contributed by atoms with E-state index in [9.17, 15) is 19.5 Å². The van der Waals surface area contributed by atoms with E-state index in [1.165, 1.54) is 27.8 Å². The van der Waals surface area contributed by atoms with Crippen LogP contribution in [0.2, 0.25) is 0 Å². The number of rotatable bonds is 12. The molecule has 2 N–H and O–H groups in total. The standard InChI is InChI=1S/C27H30O2.C26H34N2O3/c1-3-23(4-2)29-24-14-10-20(11-15-24)27-25(19-8-6-5-7-9-19)16-12-21-18-22(28)13-17-26(21)27;1-4-18-13-21-15-28(23-11-7-17(3)27-25(23)30)26(31)22(21)14-20(18)10-12-24(29)19-8-5-16(2)6-9-19/h5-11,13-15,17-18,23,25,27-28H,3-4,12,16H2,1-2H3;13-14,16,19,23H,3-12,15H2,1-2H3,(H,27,30). The number of Topliss-reactive ketones (excluding diaryl/α,β-unsaturated/α-hetero) is 1. The molecule has 2 fully saturated rings. The van der Waals surface area contributed by atoms with Crippen LogP contribution in [0.3, 0.4) is 0 Å². The van der Waals surface area contributed by atoms with E-state index < -0.39 is 6.04 Å². The second kappa shape index (κ2) is 19.5. The van der Waals surface area contributed by atoms with Crippen molar-refractivity contribution in [1.82, 2.24) is 10.2 Å². The quantitative estimate of drug-likeness (QED) is 0.149. The van der Waals surface area contributed by atoms with Crippen LogP contribution >= 0.6 is 0 Å². The fourth-order valence-corrected chi connectivity index (χ4v) is 10.1. The number of amides is 2. The molecule has 2 amide bonds. The van der Waals surface area contributed by atoms with Gasteiger partial charge in [-0.3, -0.25) is 14.4 Å². The first kappa shape index (κ1) is 42.9. The fourth-order valence-electron chi connectivity index (χ4n) is 10.1. The number of ketones is 1. The smallest absolute Gasteiger partial charge is 0.255 e. The lowest BCUT2D eigenvalue weighted by atomic mass is 9.69. The van der Waals surface area contributed by atoms with Crippen LogP contribution in [-0.4, -0.2) is 39.7 Å². The molecule has 2 heterocycles. The minimum atomic E-state index is -0.436. The highest BCUT2D eigenvalue weighted by atomic mass is 16.5. The predicted octanol–water partition coefficient (Wildman–Crippen LogP) is 11.1. The third-order valence-corrected chi connectivity index (χ3v) is 13.7. The van der Waals surface area contributed by atoms with Crippen LogP contribution in [0, 0.1) is 11.8 Å². The lowest BCUT2D eigenvalue weighted by Crippen LogP contribution is -2.49. The topological polar surface area (TPSA) is 95.9 Å². The second-order valence-electron chi connectivity index (χ2n) is 17.7. The van der Waals surface area contributed by atoms with Crippen molar-refractivity contribution >= 4 is 17.6 Å². The van der Waals surface area contributed by atoms with E-state index in [2.05, 4.69) is 106 Å². The van der Waals surface area contributed by atoms with E-state index in [0.29, 0.717) is 55.2 Å². The summed E-state index contributed by atoms with van der Waals surface area (Å²) in [6.07, 6.45) is 12.2. The Kier molecular flexibility index (Phi) is 13.9. The zero-order valence-electron chi connectivity index (χ0n) is 36.2. The number of nitrogens with one attached hydrogen (secondary N) is 1. The molecule has 0 radical (unpaired) electrons. The molecular weight excluding hydrogens is 745 g/mol. The summed E-state index contributed by atoms with van der Waals surface area (Å²) in [6, 6.07) is 29.1. The van der Waals surface area contributed by atoms with Gasteiger partial charge >= 0.3 is 0 Å². The number of benzene rings is 4. The Balaban J connectivity index is 0.000000182. The molecule has 7 heteroatoms. The number of phenols is 1. The molecule has 0 aromatic heterocycles. The molecule has 7 nitrogen and oxygen atoms in total. The predicted molar refractivity (Wildman–Crippen MR) is 239 cm³/mol. The van der Waals surface area contributed by atoms with Crippen molar-refractivity contribution in [2.75, 3.05) is 0 Å². The third-order valence-electron chi connectivity index (χ3n) is 13.7. The summed E-state index contributed by atoms with van der Waals surface area (Å²) >= 11 is 0. The molecule has 4 aromatic carbocycles.